The zero-order valence-corrected chi connectivity index (χ0v) is 19.8. The highest BCUT2D eigenvalue weighted by molar-refractivity contribution is 7.16. The molecular weight excluding hydrogens is 462 g/mol. The van der Waals surface area contributed by atoms with Gasteiger partial charge in [0, 0.05) is 29.9 Å². The summed E-state index contributed by atoms with van der Waals surface area (Å²) in [7, 11) is 0. The van der Waals surface area contributed by atoms with Gasteiger partial charge in [-0.1, -0.05) is 41.2 Å². The monoisotopic (exact) mass is 485 g/mol. The smallest absolute Gasteiger partial charge is 0.228 e. The predicted octanol–water partition coefficient (Wildman–Crippen LogP) is 4.46. The zero-order chi connectivity index (χ0) is 24.4. The van der Waals surface area contributed by atoms with Crippen LogP contribution in [0.5, 0.6) is 5.88 Å². The van der Waals surface area contributed by atoms with Crippen molar-refractivity contribution >= 4 is 28.2 Å². The molecule has 5 rings (SSSR count). The molecule has 1 fully saturated rings. The number of hydrogen-bond acceptors (Lipinski definition) is 10. The van der Waals surface area contributed by atoms with Crippen molar-refractivity contribution in [3.05, 3.63) is 70.4 Å². The van der Waals surface area contributed by atoms with Gasteiger partial charge in [-0.25, -0.2) is 15.0 Å². The van der Waals surface area contributed by atoms with Crippen molar-refractivity contribution in [1.29, 1.82) is 5.26 Å². The molecular formula is C25H23N7O2S. The molecule has 4 aromatic rings. The molecule has 3 N–H and O–H groups in total. The number of aryl methyl sites for hydroxylation is 1. The standard InChI is InChI=1S/C25H23N7O2S/c1-15-4-6-16(7-5-15)20-3-2-10-32(20)24-29-22(17-8-9-21(34)27-12-17)19(14-33)23(30-24)31-25-28-13-18(11-26)35-25/h4-9,12-13,20,33H,2-3,10,14H2,1H3,(H,27,34)(H,28,29,30,31)/t20-/m0/s1. The first-order valence-corrected chi connectivity index (χ1v) is 12.0. The van der Waals surface area contributed by atoms with Crippen LogP contribution in [0.15, 0.2) is 48.8 Å². The Morgan fingerprint density at radius 3 is 2.66 bits per heavy atom. The van der Waals surface area contributed by atoms with E-state index in [1.165, 1.54) is 40.9 Å². The third-order valence-electron chi connectivity index (χ3n) is 5.99. The first-order chi connectivity index (χ1) is 17.1. The Labute approximate surface area is 206 Å². The molecule has 3 aromatic heterocycles. The summed E-state index contributed by atoms with van der Waals surface area (Å²) in [6.07, 6.45) is 4.99. The maximum Gasteiger partial charge on any atom is 0.228 e. The van der Waals surface area contributed by atoms with Crippen LogP contribution >= 0.6 is 11.3 Å². The van der Waals surface area contributed by atoms with Crippen molar-refractivity contribution < 1.29 is 10.2 Å². The number of nitriles is 1. The summed E-state index contributed by atoms with van der Waals surface area (Å²) in [4.78, 5) is 20.6. The number of aliphatic hydroxyl groups excluding tert-OH is 1. The highest BCUT2D eigenvalue weighted by Crippen LogP contribution is 2.38. The van der Waals surface area contributed by atoms with Crippen molar-refractivity contribution in [3.8, 4) is 23.2 Å². The Hall–Kier alpha value is -4.07. The highest BCUT2D eigenvalue weighted by Gasteiger charge is 2.30. The van der Waals surface area contributed by atoms with Gasteiger partial charge in [-0.2, -0.15) is 10.2 Å². The second-order valence-corrected chi connectivity index (χ2v) is 9.32. The quantitative estimate of drug-likeness (QED) is 0.362. The third-order valence-corrected chi connectivity index (χ3v) is 6.81. The summed E-state index contributed by atoms with van der Waals surface area (Å²) in [6.45, 7) is 2.54. The van der Waals surface area contributed by atoms with Crippen LogP contribution in [0.3, 0.4) is 0 Å². The maximum absolute atomic E-state index is 10.3. The van der Waals surface area contributed by atoms with Crippen LogP contribution in [0.25, 0.3) is 11.3 Å². The molecule has 1 aromatic carbocycles. The molecule has 1 atom stereocenters. The summed E-state index contributed by atoms with van der Waals surface area (Å²) in [5.41, 5.74) is 4.03. The summed E-state index contributed by atoms with van der Waals surface area (Å²) < 4.78 is 0. The topological polar surface area (TPSA) is 131 Å². The van der Waals surface area contributed by atoms with Crippen LogP contribution in [0.1, 0.15) is 40.5 Å². The van der Waals surface area contributed by atoms with E-state index in [1.54, 1.807) is 6.07 Å². The lowest BCUT2D eigenvalue weighted by atomic mass is 10.0. The van der Waals surface area contributed by atoms with Gasteiger partial charge in [0.25, 0.3) is 0 Å². The van der Waals surface area contributed by atoms with Crippen LogP contribution in [-0.4, -0.2) is 36.7 Å². The molecule has 0 radical (unpaired) electrons. The largest absolute Gasteiger partial charge is 0.493 e. The number of hydrogen-bond donors (Lipinski definition) is 3. The van der Waals surface area contributed by atoms with Crippen molar-refractivity contribution in [2.24, 2.45) is 0 Å². The van der Waals surface area contributed by atoms with E-state index in [9.17, 15) is 10.2 Å². The number of nitrogens with zero attached hydrogens (tertiary/aromatic N) is 6. The fraction of sp³-hybridized carbons (Fsp3) is 0.240. The van der Waals surface area contributed by atoms with Gasteiger partial charge in [0.15, 0.2) is 5.13 Å². The number of benzene rings is 1. The van der Waals surface area contributed by atoms with Crippen LogP contribution in [0.2, 0.25) is 0 Å². The summed E-state index contributed by atoms with van der Waals surface area (Å²) >= 11 is 1.20. The fourth-order valence-corrected chi connectivity index (χ4v) is 4.86. The van der Waals surface area contributed by atoms with Gasteiger partial charge >= 0.3 is 0 Å². The molecule has 10 heteroatoms. The fourth-order valence-electron chi connectivity index (χ4n) is 4.24. The van der Waals surface area contributed by atoms with Gasteiger partial charge in [-0.3, -0.25) is 0 Å². The number of aromatic nitrogens is 4. The number of nitrogens with one attached hydrogen (secondary N) is 1. The second-order valence-electron chi connectivity index (χ2n) is 8.29. The number of aromatic hydroxyl groups is 1. The molecule has 1 saturated heterocycles. The number of rotatable bonds is 6. The van der Waals surface area contributed by atoms with E-state index in [2.05, 4.69) is 57.4 Å². The SMILES string of the molecule is Cc1ccc([C@@H]2CCCN2c2nc(Nc3ncc(C#N)s3)c(CO)c(-c3ccc(O)nc3)n2)cc1. The van der Waals surface area contributed by atoms with Gasteiger partial charge in [-0.15, -0.1) is 0 Å². The normalized spacial score (nSPS) is 15.2. The molecule has 1 aliphatic rings. The van der Waals surface area contributed by atoms with Crippen molar-refractivity contribution in [2.45, 2.75) is 32.4 Å². The minimum atomic E-state index is -0.323. The van der Waals surface area contributed by atoms with E-state index in [-0.39, 0.29) is 18.5 Å². The Morgan fingerprint density at radius 1 is 1.14 bits per heavy atom. The molecule has 0 bridgehead atoms. The van der Waals surface area contributed by atoms with E-state index in [0.717, 1.165) is 19.4 Å². The molecule has 35 heavy (non-hydrogen) atoms. The Kier molecular flexibility index (Phi) is 6.27. The number of thiazole rings is 1. The average Bonchev–Trinajstić information content (AvgIpc) is 3.54. The molecule has 1 aliphatic heterocycles. The summed E-state index contributed by atoms with van der Waals surface area (Å²) in [6, 6.07) is 13.9. The van der Waals surface area contributed by atoms with E-state index in [0.29, 0.717) is 38.6 Å². The van der Waals surface area contributed by atoms with Crippen LogP contribution in [0, 0.1) is 18.3 Å². The lowest BCUT2D eigenvalue weighted by Gasteiger charge is -2.27. The molecule has 0 aliphatic carbocycles. The van der Waals surface area contributed by atoms with Crippen molar-refractivity contribution in [3.63, 3.8) is 0 Å². The maximum atomic E-state index is 10.3. The molecule has 0 saturated carbocycles. The molecule has 0 unspecified atom stereocenters. The van der Waals surface area contributed by atoms with Crippen LogP contribution in [0.4, 0.5) is 16.9 Å². The lowest BCUT2D eigenvalue weighted by Crippen LogP contribution is -2.25. The summed E-state index contributed by atoms with van der Waals surface area (Å²) in [5, 5.41) is 32.8. The number of anilines is 3. The van der Waals surface area contributed by atoms with Crippen molar-refractivity contribution in [2.75, 3.05) is 16.8 Å². The highest BCUT2D eigenvalue weighted by atomic mass is 32.1. The third kappa shape index (κ3) is 4.64. The van der Waals surface area contributed by atoms with E-state index >= 15 is 0 Å². The number of pyridine rings is 1. The minimum absolute atomic E-state index is 0.0993. The van der Waals surface area contributed by atoms with Gasteiger partial charge < -0.3 is 20.4 Å². The lowest BCUT2D eigenvalue weighted by molar-refractivity contribution is 0.282. The molecule has 0 spiro atoms. The molecule has 0 amide bonds. The Balaban J connectivity index is 1.62. The van der Waals surface area contributed by atoms with Gasteiger partial charge in [0.1, 0.15) is 16.8 Å². The molecule has 9 nitrogen and oxygen atoms in total. The first kappa shape index (κ1) is 22.7. The van der Waals surface area contributed by atoms with Gasteiger partial charge in [-0.05, 0) is 31.4 Å². The first-order valence-electron chi connectivity index (χ1n) is 11.2. The van der Waals surface area contributed by atoms with Gasteiger partial charge in [0.2, 0.25) is 11.8 Å². The van der Waals surface area contributed by atoms with E-state index in [4.69, 9.17) is 15.2 Å². The van der Waals surface area contributed by atoms with E-state index < -0.39 is 0 Å². The molecule has 176 valence electrons. The minimum Gasteiger partial charge on any atom is -0.493 e. The Bertz CT molecular complexity index is 1380. The number of aliphatic hydroxyl groups is 1. The average molecular weight is 486 g/mol. The Morgan fingerprint density at radius 2 is 1.97 bits per heavy atom. The van der Waals surface area contributed by atoms with Gasteiger partial charge in [0.05, 0.1) is 24.5 Å². The van der Waals surface area contributed by atoms with E-state index in [1.807, 2.05) is 0 Å². The molecule has 4 heterocycles. The summed E-state index contributed by atoms with van der Waals surface area (Å²) in [5.74, 6) is 0.833. The predicted molar refractivity (Wildman–Crippen MR) is 133 cm³/mol. The van der Waals surface area contributed by atoms with Crippen LogP contribution < -0.4 is 10.2 Å². The van der Waals surface area contributed by atoms with Crippen LogP contribution in [-0.2, 0) is 6.61 Å². The second kappa shape index (κ2) is 9.66. The van der Waals surface area contributed by atoms with Crippen molar-refractivity contribution in [1.82, 2.24) is 19.9 Å². The zero-order valence-electron chi connectivity index (χ0n) is 19.0.